The summed E-state index contributed by atoms with van der Waals surface area (Å²) in [6.45, 7) is 5.14. The third-order valence-corrected chi connectivity index (χ3v) is 3.57. The van der Waals surface area contributed by atoms with Crippen LogP contribution in [-0.2, 0) is 4.74 Å². The molecule has 0 fully saturated rings. The molecule has 2 N–H and O–H groups in total. The Morgan fingerprint density at radius 2 is 1.88 bits per heavy atom. The van der Waals surface area contributed by atoms with E-state index in [2.05, 4.69) is 20.8 Å². The van der Waals surface area contributed by atoms with Crippen molar-refractivity contribution in [3.63, 3.8) is 0 Å². The highest BCUT2D eigenvalue weighted by atomic mass is 35.5. The molecule has 8 heteroatoms. The topological polar surface area (TPSA) is 85.4 Å². The van der Waals surface area contributed by atoms with Crippen molar-refractivity contribution in [2.75, 3.05) is 38.2 Å². The summed E-state index contributed by atoms with van der Waals surface area (Å²) in [7, 11) is 0. The third kappa shape index (κ3) is 7.25. The summed E-state index contributed by atoms with van der Waals surface area (Å²) in [6.07, 6.45) is 0.875. The maximum atomic E-state index is 11.6. The molecule has 0 amide bonds. The van der Waals surface area contributed by atoms with Crippen molar-refractivity contribution < 1.29 is 14.3 Å². The largest absolute Gasteiger partial charge is 0.494 e. The number of esters is 1. The molecule has 140 valence electrons. The molecule has 1 aromatic carbocycles. The maximum Gasteiger partial charge on any atom is 0.338 e. The number of aromatic nitrogens is 2. The normalized spacial score (nSPS) is 10.4. The quantitative estimate of drug-likeness (QED) is 0.459. The van der Waals surface area contributed by atoms with Gasteiger partial charge in [0.1, 0.15) is 11.6 Å². The lowest BCUT2D eigenvalue weighted by Crippen LogP contribution is -2.24. The first-order valence-electron chi connectivity index (χ1n) is 8.53. The van der Waals surface area contributed by atoms with E-state index in [0.717, 1.165) is 31.8 Å². The molecule has 0 unspecified atom stereocenters. The molecule has 0 aliphatic heterocycles. The van der Waals surface area contributed by atoms with Gasteiger partial charge >= 0.3 is 5.97 Å². The summed E-state index contributed by atoms with van der Waals surface area (Å²) in [6, 6.07) is 10.4. The van der Waals surface area contributed by atoms with Gasteiger partial charge < -0.3 is 20.1 Å². The first-order valence-corrected chi connectivity index (χ1v) is 8.90. The zero-order valence-corrected chi connectivity index (χ0v) is 15.5. The fourth-order valence-electron chi connectivity index (χ4n) is 2.10. The Balaban J connectivity index is 1.52. The van der Waals surface area contributed by atoms with E-state index in [9.17, 15) is 4.79 Å². The number of halogens is 1. The summed E-state index contributed by atoms with van der Waals surface area (Å²) in [5, 5.41) is 14.5. The van der Waals surface area contributed by atoms with Crippen LogP contribution in [0.5, 0.6) is 5.75 Å². The Labute approximate surface area is 158 Å². The van der Waals surface area contributed by atoms with Crippen molar-refractivity contribution in [2.24, 2.45) is 0 Å². The van der Waals surface area contributed by atoms with Crippen molar-refractivity contribution >= 4 is 23.4 Å². The summed E-state index contributed by atoms with van der Waals surface area (Å²) in [5.41, 5.74) is 0.527. The highest BCUT2D eigenvalue weighted by molar-refractivity contribution is 6.29. The molecule has 26 heavy (non-hydrogen) atoms. The molecule has 0 spiro atoms. The third-order valence-electron chi connectivity index (χ3n) is 3.37. The van der Waals surface area contributed by atoms with Crippen LogP contribution in [0.15, 0.2) is 36.4 Å². The number of carbonyl (C=O) groups is 1. The Morgan fingerprint density at radius 1 is 1.08 bits per heavy atom. The van der Waals surface area contributed by atoms with Crippen LogP contribution in [0.1, 0.15) is 23.7 Å². The number of benzene rings is 1. The fraction of sp³-hybridized carbons (Fsp3) is 0.389. The predicted octanol–water partition coefficient (Wildman–Crippen LogP) is 2.78. The van der Waals surface area contributed by atoms with E-state index < -0.39 is 0 Å². The van der Waals surface area contributed by atoms with E-state index in [1.54, 1.807) is 43.3 Å². The van der Waals surface area contributed by atoms with Crippen LogP contribution in [0.2, 0.25) is 5.15 Å². The number of anilines is 1. The maximum absolute atomic E-state index is 11.6. The van der Waals surface area contributed by atoms with E-state index in [4.69, 9.17) is 21.1 Å². The fourth-order valence-corrected chi connectivity index (χ4v) is 2.20. The van der Waals surface area contributed by atoms with Gasteiger partial charge in [0.25, 0.3) is 0 Å². The van der Waals surface area contributed by atoms with Gasteiger partial charge in [-0.1, -0.05) is 11.6 Å². The van der Waals surface area contributed by atoms with Crippen molar-refractivity contribution in [3.8, 4) is 5.75 Å². The van der Waals surface area contributed by atoms with Gasteiger partial charge in [-0.2, -0.15) is 0 Å². The summed E-state index contributed by atoms with van der Waals surface area (Å²) in [5.74, 6) is 1.12. The van der Waals surface area contributed by atoms with Crippen LogP contribution in [0, 0.1) is 0 Å². The van der Waals surface area contributed by atoms with Gasteiger partial charge in [0.05, 0.1) is 18.8 Å². The first kappa shape index (κ1) is 19.9. The van der Waals surface area contributed by atoms with Crippen molar-refractivity contribution in [1.29, 1.82) is 0 Å². The van der Waals surface area contributed by atoms with Gasteiger partial charge in [-0.3, -0.25) is 0 Å². The summed E-state index contributed by atoms with van der Waals surface area (Å²) < 4.78 is 10.6. The van der Waals surface area contributed by atoms with Gasteiger partial charge in [-0.25, -0.2) is 4.79 Å². The molecular weight excluding hydrogens is 356 g/mol. The van der Waals surface area contributed by atoms with Gasteiger partial charge in [0, 0.05) is 13.1 Å². The molecule has 0 aliphatic carbocycles. The SMILES string of the molecule is CCOC(=O)c1ccc(OCCCNCCNc2ccc(Cl)nn2)cc1. The highest BCUT2D eigenvalue weighted by Crippen LogP contribution is 2.13. The number of ether oxygens (including phenoxy) is 2. The van der Waals surface area contributed by atoms with Crippen LogP contribution < -0.4 is 15.4 Å². The second kappa shape index (κ2) is 11.3. The minimum absolute atomic E-state index is 0.318. The monoisotopic (exact) mass is 378 g/mol. The Bertz CT molecular complexity index is 665. The highest BCUT2D eigenvalue weighted by Gasteiger charge is 2.05. The number of hydrogen-bond acceptors (Lipinski definition) is 7. The van der Waals surface area contributed by atoms with E-state index in [1.807, 2.05) is 0 Å². The lowest BCUT2D eigenvalue weighted by molar-refractivity contribution is 0.0526. The summed E-state index contributed by atoms with van der Waals surface area (Å²) >= 11 is 5.68. The zero-order valence-electron chi connectivity index (χ0n) is 14.7. The standard InChI is InChI=1S/C18H23ClN4O3/c1-2-25-18(24)14-4-6-15(7-5-14)26-13-3-10-20-11-12-21-17-9-8-16(19)22-23-17/h4-9,20H,2-3,10-13H2,1H3,(H,21,23). The van der Waals surface area contributed by atoms with Crippen molar-refractivity contribution in [1.82, 2.24) is 15.5 Å². The number of carbonyl (C=O) groups excluding carboxylic acids is 1. The number of hydrogen-bond donors (Lipinski definition) is 2. The molecular formula is C18H23ClN4O3. The van der Waals surface area contributed by atoms with Crippen LogP contribution in [0.3, 0.4) is 0 Å². The van der Waals surface area contributed by atoms with Gasteiger partial charge in [-0.15, -0.1) is 10.2 Å². The Kier molecular flexibility index (Phi) is 8.65. The summed E-state index contributed by atoms with van der Waals surface area (Å²) in [4.78, 5) is 11.6. The first-order chi connectivity index (χ1) is 12.7. The minimum Gasteiger partial charge on any atom is -0.494 e. The Morgan fingerprint density at radius 3 is 2.58 bits per heavy atom. The number of nitrogens with zero attached hydrogens (tertiary/aromatic N) is 2. The van der Waals surface area contributed by atoms with Crippen LogP contribution >= 0.6 is 11.6 Å². The molecule has 2 rings (SSSR count). The molecule has 1 heterocycles. The smallest absolute Gasteiger partial charge is 0.338 e. The average molecular weight is 379 g/mol. The number of rotatable bonds is 11. The molecule has 0 saturated carbocycles. The van der Waals surface area contributed by atoms with Gasteiger partial charge in [-0.05, 0) is 56.3 Å². The second-order valence-corrected chi connectivity index (χ2v) is 5.75. The second-order valence-electron chi connectivity index (χ2n) is 5.36. The molecule has 0 atom stereocenters. The van der Waals surface area contributed by atoms with Gasteiger partial charge in [0.2, 0.25) is 0 Å². The molecule has 0 saturated heterocycles. The van der Waals surface area contributed by atoms with Crippen LogP contribution in [-0.4, -0.2) is 49.0 Å². The van der Waals surface area contributed by atoms with E-state index in [-0.39, 0.29) is 5.97 Å². The van der Waals surface area contributed by atoms with Crippen LogP contribution in [0.4, 0.5) is 5.82 Å². The average Bonchev–Trinajstić information content (AvgIpc) is 2.66. The lowest BCUT2D eigenvalue weighted by Gasteiger charge is -2.09. The van der Waals surface area contributed by atoms with E-state index in [1.165, 1.54) is 0 Å². The minimum atomic E-state index is -0.318. The molecule has 0 bridgehead atoms. The molecule has 1 aromatic heterocycles. The molecule has 2 aromatic rings. The zero-order chi connectivity index (χ0) is 18.6. The number of nitrogens with one attached hydrogen (secondary N) is 2. The Hall–Kier alpha value is -2.38. The predicted molar refractivity (Wildman–Crippen MR) is 101 cm³/mol. The molecule has 7 nitrogen and oxygen atoms in total. The van der Waals surface area contributed by atoms with Gasteiger partial charge in [0.15, 0.2) is 5.15 Å². The van der Waals surface area contributed by atoms with E-state index in [0.29, 0.717) is 29.7 Å². The van der Waals surface area contributed by atoms with E-state index >= 15 is 0 Å². The van der Waals surface area contributed by atoms with Crippen LogP contribution in [0.25, 0.3) is 0 Å². The molecule has 0 aliphatic rings. The molecule has 0 radical (unpaired) electrons. The van der Waals surface area contributed by atoms with Crippen molar-refractivity contribution in [2.45, 2.75) is 13.3 Å². The van der Waals surface area contributed by atoms with Crippen molar-refractivity contribution in [3.05, 3.63) is 47.1 Å². The lowest BCUT2D eigenvalue weighted by atomic mass is 10.2.